The van der Waals surface area contributed by atoms with Gasteiger partial charge < -0.3 is 5.11 Å². The first-order valence-electron chi connectivity index (χ1n) is 7.14. The third-order valence-electron chi connectivity index (χ3n) is 3.95. The number of likely N-dealkylation sites (tertiary alicyclic amines) is 1. The predicted molar refractivity (Wildman–Crippen MR) is 78.3 cm³/mol. The van der Waals surface area contributed by atoms with Gasteiger partial charge in [-0.15, -0.1) is 0 Å². The molecule has 0 bridgehead atoms. The molecule has 1 N–H and O–H groups in total. The lowest BCUT2D eigenvalue weighted by Crippen LogP contribution is -2.35. The van der Waals surface area contributed by atoms with Crippen molar-refractivity contribution < 1.29 is 14.8 Å². The minimum absolute atomic E-state index is 0.0815. The van der Waals surface area contributed by atoms with Crippen LogP contribution in [0.15, 0.2) is 18.2 Å². The lowest BCUT2D eigenvalue weighted by atomic mass is 9.99. The largest absolute Gasteiger partial charge is 0.480 e. The van der Waals surface area contributed by atoms with Gasteiger partial charge in [0.15, 0.2) is 0 Å². The number of benzene rings is 1. The van der Waals surface area contributed by atoms with E-state index in [0.717, 1.165) is 18.5 Å². The van der Waals surface area contributed by atoms with Gasteiger partial charge in [0.25, 0.3) is 5.69 Å². The third kappa shape index (κ3) is 3.39. The molecule has 6 heteroatoms. The van der Waals surface area contributed by atoms with Crippen molar-refractivity contribution in [2.45, 2.75) is 45.2 Å². The fraction of sp³-hybridized carbons (Fsp3) is 0.533. The van der Waals surface area contributed by atoms with Crippen molar-refractivity contribution in [3.05, 3.63) is 39.4 Å². The van der Waals surface area contributed by atoms with Crippen LogP contribution in [0, 0.1) is 10.1 Å². The molecule has 1 atom stereocenters. The van der Waals surface area contributed by atoms with E-state index in [1.165, 1.54) is 0 Å². The maximum Gasteiger partial charge on any atom is 0.320 e. The highest BCUT2D eigenvalue weighted by atomic mass is 16.6. The van der Waals surface area contributed by atoms with Crippen molar-refractivity contribution in [2.75, 3.05) is 6.54 Å². The summed E-state index contributed by atoms with van der Waals surface area (Å²) in [6.07, 6.45) is 1.49. The molecule has 21 heavy (non-hydrogen) atoms. The molecule has 0 spiro atoms. The van der Waals surface area contributed by atoms with Gasteiger partial charge in [-0.3, -0.25) is 19.8 Å². The molecule has 0 aromatic heterocycles. The number of carboxylic acid groups (broad SMARTS) is 1. The topological polar surface area (TPSA) is 83.7 Å². The molecule has 114 valence electrons. The number of hydrogen-bond acceptors (Lipinski definition) is 4. The van der Waals surface area contributed by atoms with Gasteiger partial charge in [0.2, 0.25) is 0 Å². The zero-order valence-electron chi connectivity index (χ0n) is 12.3. The molecule has 1 aliphatic rings. The van der Waals surface area contributed by atoms with Gasteiger partial charge in [0.1, 0.15) is 6.04 Å². The Morgan fingerprint density at radius 2 is 2.24 bits per heavy atom. The Kier molecular flexibility index (Phi) is 4.57. The molecule has 0 saturated carbocycles. The quantitative estimate of drug-likeness (QED) is 0.666. The van der Waals surface area contributed by atoms with Crippen LogP contribution in [0.25, 0.3) is 0 Å². The number of carbonyl (C=O) groups is 1. The van der Waals surface area contributed by atoms with Crippen molar-refractivity contribution in [1.82, 2.24) is 4.90 Å². The van der Waals surface area contributed by atoms with Crippen LogP contribution in [-0.2, 0) is 11.3 Å². The number of nitro groups is 1. The molecule has 1 aromatic carbocycles. The monoisotopic (exact) mass is 292 g/mol. The molecule has 1 saturated heterocycles. The van der Waals surface area contributed by atoms with E-state index < -0.39 is 12.0 Å². The number of rotatable bonds is 5. The van der Waals surface area contributed by atoms with E-state index in [2.05, 4.69) is 0 Å². The first-order valence-corrected chi connectivity index (χ1v) is 7.14. The summed E-state index contributed by atoms with van der Waals surface area (Å²) in [5.74, 6) is -0.737. The third-order valence-corrected chi connectivity index (χ3v) is 3.95. The molecule has 6 nitrogen and oxygen atoms in total. The molecule has 0 aliphatic carbocycles. The molecule has 1 aromatic rings. The highest BCUT2D eigenvalue weighted by Crippen LogP contribution is 2.29. The van der Waals surface area contributed by atoms with Crippen LogP contribution in [0.1, 0.15) is 43.7 Å². The summed E-state index contributed by atoms with van der Waals surface area (Å²) in [4.78, 5) is 23.9. The van der Waals surface area contributed by atoms with Gasteiger partial charge in [0, 0.05) is 18.2 Å². The Morgan fingerprint density at radius 3 is 2.81 bits per heavy atom. The van der Waals surface area contributed by atoms with Crippen molar-refractivity contribution in [1.29, 1.82) is 0 Å². The summed E-state index contributed by atoms with van der Waals surface area (Å²) in [6, 6.07) is 4.74. The van der Waals surface area contributed by atoms with Crippen LogP contribution in [0.3, 0.4) is 0 Å². The van der Waals surface area contributed by atoms with Crippen LogP contribution < -0.4 is 0 Å². The molecule has 0 radical (unpaired) electrons. The van der Waals surface area contributed by atoms with Crippen LogP contribution in [-0.4, -0.2) is 33.5 Å². The molecule has 0 amide bonds. The van der Waals surface area contributed by atoms with E-state index in [-0.39, 0.29) is 16.5 Å². The van der Waals surface area contributed by atoms with E-state index in [1.807, 2.05) is 24.8 Å². The summed E-state index contributed by atoms with van der Waals surface area (Å²) in [7, 11) is 0. The summed E-state index contributed by atoms with van der Waals surface area (Å²) in [5, 5.41) is 20.4. The molecule has 1 fully saturated rings. The molecule has 2 rings (SSSR count). The van der Waals surface area contributed by atoms with Crippen molar-refractivity contribution >= 4 is 11.7 Å². The molecular formula is C15H20N2O4. The Labute approximate surface area is 123 Å². The summed E-state index contributed by atoms with van der Waals surface area (Å²) >= 11 is 0. The van der Waals surface area contributed by atoms with E-state index in [4.69, 9.17) is 0 Å². The maximum atomic E-state index is 11.2. The average Bonchev–Trinajstić information content (AvgIpc) is 2.86. The van der Waals surface area contributed by atoms with Crippen molar-refractivity contribution in [3.8, 4) is 0 Å². The van der Waals surface area contributed by atoms with Crippen LogP contribution in [0.4, 0.5) is 5.69 Å². The van der Waals surface area contributed by atoms with Crippen LogP contribution >= 0.6 is 0 Å². The Balaban J connectivity index is 2.23. The fourth-order valence-electron chi connectivity index (χ4n) is 2.86. The normalized spacial score (nSPS) is 19.1. The fourth-order valence-corrected chi connectivity index (χ4v) is 2.86. The number of nitro benzene ring substituents is 1. The van der Waals surface area contributed by atoms with Crippen molar-refractivity contribution in [3.63, 3.8) is 0 Å². The van der Waals surface area contributed by atoms with Gasteiger partial charge in [-0.25, -0.2) is 0 Å². The van der Waals surface area contributed by atoms with Gasteiger partial charge in [0.05, 0.1) is 4.92 Å². The Bertz CT molecular complexity index is 557. The Morgan fingerprint density at radius 1 is 1.52 bits per heavy atom. The van der Waals surface area contributed by atoms with Gasteiger partial charge >= 0.3 is 5.97 Å². The van der Waals surface area contributed by atoms with Crippen LogP contribution in [0.2, 0.25) is 0 Å². The number of hydrogen-bond donors (Lipinski definition) is 1. The van der Waals surface area contributed by atoms with Gasteiger partial charge in [-0.2, -0.15) is 0 Å². The standard InChI is InChI=1S/C15H20N2O4/c1-10(2)12-6-5-11(8-14(12)17(20)21)9-16-7-3-4-13(16)15(18)19/h5-6,8,10,13H,3-4,7,9H2,1-2H3,(H,18,19)/t13-/m0/s1. The second kappa shape index (κ2) is 6.22. The zero-order valence-corrected chi connectivity index (χ0v) is 12.3. The lowest BCUT2D eigenvalue weighted by Gasteiger charge is -2.21. The second-order valence-corrected chi connectivity index (χ2v) is 5.77. The maximum absolute atomic E-state index is 11.2. The average molecular weight is 292 g/mol. The van der Waals surface area contributed by atoms with E-state index in [0.29, 0.717) is 18.5 Å². The first-order chi connectivity index (χ1) is 9.90. The van der Waals surface area contributed by atoms with Crippen LogP contribution in [0.5, 0.6) is 0 Å². The highest BCUT2D eigenvalue weighted by molar-refractivity contribution is 5.73. The summed E-state index contributed by atoms with van der Waals surface area (Å²) in [5.41, 5.74) is 1.62. The summed E-state index contributed by atoms with van der Waals surface area (Å²) in [6.45, 7) is 5.00. The number of aliphatic carboxylic acids is 1. The smallest absolute Gasteiger partial charge is 0.320 e. The first kappa shape index (κ1) is 15.4. The van der Waals surface area contributed by atoms with E-state index in [9.17, 15) is 20.0 Å². The number of carboxylic acids is 1. The Hall–Kier alpha value is -1.95. The van der Waals surface area contributed by atoms with E-state index >= 15 is 0 Å². The second-order valence-electron chi connectivity index (χ2n) is 5.77. The minimum atomic E-state index is -0.819. The predicted octanol–water partition coefficient (Wildman–Crippen LogP) is 2.77. The van der Waals surface area contributed by atoms with E-state index in [1.54, 1.807) is 12.1 Å². The molecule has 1 aliphatic heterocycles. The SMILES string of the molecule is CC(C)c1ccc(CN2CCC[C@H]2C(=O)O)cc1[N+](=O)[O-]. The highest BCUT2D eigenvalue weighted by Gasteiger charge is 2.30. The lowest BCUT2D eigenvalue weighted by molar-refractivity contribution is -0.385. The van der Waals surface area contributed by atoms with Gasteiger partial charge in [-0.05, 0) is 30.9 Å². The summed E-state index contributed by atoms with van der Waals surface area (Å²) < 4.78 is 0. The van der Waals surface area contributed by atoms with Crippen molar-refractivity contribution in [2.24, 2.45) is 0 Å². The zero-order chi connectivity index (χ0) is 15.6. The molecule has 1 heterocycles. The molecule has 0 unspecified atom stereocenters. The minimum Gasteiger partial charge on any atom is -0.480 e. The van der Waals surface area contributed by atoms with Gasteiger partial charge in [-0.1, -0.05) is 26.0 Å². The number of nitrogens with zero attached hydrogens (tertiary/aromatic N) is 2. The molecular weight excluding hydrogens is 272 g/mol.